The van der Waals surface area contributed by atoms with E-state index in [2.05, 4.69) is 10.3 Å². The lowest BCUT2D eigenvalue weighted by molar-refractivity contribution is 0.0950. The average Bonchev–Trinajstić information content (AvgIpc) is 2.84. The van der Waals surface area contributed by atoms with Gasteiger partial charge in [-0.1, -0.05) is 41.4 Å². The van der Waals surface area contributed by atoms with Gasteiger partial charge in [-0.05, 0) is 48.5 Å². The molecule has 0 radical (unpaired) electrons. The summed E-state index contributed by atoms with van der Waals surface area (Å²) in [6.07, 6.45) is 4.66. The van der Waals surface area contributed by atoms with Crippen molar-refractivity contribution in [1.82, 2.24) is 10.3 Å². The predicted octanol–water partition coefficient (Wildman–Crippen LogP) is 5.05. The fourth-order valence-electron chi connectivity index (χ4n) is 3.74. The predicted molar refractivity (Wildman–Crippen MR) is 127 cm³/mol. The minimum atomic E-state index is -0.566. The van der Waals surface area contributed by atoms with Gasteiger partial charge in [0.25, 0.3) is 5.91 Å². The number of Topliss-reactive ketones (excluding diaryl/α,β-unsaturated/α-hetero) is 1. The smallest absolute Gasteiger partial charge is 0.251 e. The number of rotatable bonds is 4. The number of ketones is 1. The van der Waals surface area contributed by atoms with Gasteiger partial charge in [0.05, 0.1) is 27.7 Å². The Labute approximate surface area is 200 Å². The zero-order chi connectivity index (χ0) is 22.9. The van der Waals surface area contributed by atoms with Crippen molar-refractivity contribution < 1.29 is 14.3 Å². The number of amides is 1. The van der Waals surface area contributed by atoms with Gasteiger partial charge in [0, 0.05) is 23.7 Å². The number of aromatic nitrogens is 1. The van der Waals surface area contributed by atoms with Crippen LogP contribution in [0.25, 0.3) is 0 Å². The number of carbonyl (C=O) groups is 2. The second-order valence-corrected chi connectivity index (χ2v) is 8.29. The fraction of sp³-hybridized carbons (Fsp3) is 0.0800. The zero-order valence-electron chi connectivity index (χ0n) is 17.2. The first-order chi connectivity index (χ1) is 16.0. The number of hydrogen-bond donors (Lipinski definition) is 1. The molecule has 2 aliphatic heterocycles. The highest BCUT2D eigenvalue weighted by Gasteiger charge is 2.35. The van der Waals surface area contributed by atoms with Crippen LogP contribution in [0, 0.1) is 0 Å². The van der Waals surface area contributed by atoms with Gasteiger partial charge >= 0.3 is 0 Å². The number of fused-ring (bicyclic) bond motifs is 2. The second-order valence-electron chi connectivity index (χ2n) is 7.48. The SMILES string of the molecule is O=C(NCC1=CC2Oc3ccccc3C(=O)C2=CN1c1ccccn1)c1ccc(Cl)c(Cl)c1. The quantitative estimate of drug-likeness (QED) is 0.569. The van der Waals surface area contributed by atoms with Crippen molar-refractivity contribution in [3.8, 4) is 5.75 Å². The number of carbonyl (C=O) groups excluding carboxylic acids is 2. The minimum Gasteiger partial charge on any atom is -0.481 e. The third-order valence-corrected chi connectivity index (χ3v) is 6.12. The van der Waals surface area contributed by atoms with Gasteiger partial charge in [-0.2, -0.15) is 0 Å². The number of nitrogens with one attached hydrogen (secondary N) is 1. The summed E-state index contributed by atoms with van der Waals surface area (Å²) in [5.41, 5.74) is 2.12. The molecule has 0 saturated heterocycles. The van der Waals surface area contributed by atoms with Crippen molar-refractivity contribution in [1.29, 1.82) is 0 Å². The van der Waals surface area contributed by atoms with Crippen LogP contribution in [0.5, 0.6) is 5.75 Å². The molecule has 2 aliphatic rings. The average molecular weight is 478 g/mol. The first-order valence-corrected chi connectivity index (χ1v) is 10.9. The highest BCUT2D eigenvalue weighted by Crippen LogP contribution is 2.35. The summed E-state index contributed by atoms with van der Waals surface area (Å²) in [6, 6.07) is 17.3. The Bertz CT molecular complexity index is 1320. The van der Waals surface area contributed by atoms with E-state index in [0.29, 0.717) is 44.0 Å². The topological polar surface area (TPSA) is 71.5 Å². The lowest BCUT2D eigenvalue weighted by Crippen LogP contribution is -2.39. The monoisotopic (exact) mass is 477 g/mol. The maximum absolute atomic E-state index is 13.1. The Balaban J connectivity index is 1.45. The third kappa shape index (κ3) is 4.11. The molecule has 3 heterocycles. The Morgan fingerprint density at radius 3 is 2.67 bits per heavy atom. The van der Waals surface area contributed by atoms with Crippen molar-refractivity contribution in [2.45, 2.75) is 6.10 Å². The number of anilines is 1. The molecule has 5 rings (SSSR count). The minimum absolute atomic E-state index is 0.0991. The van der Waals surface area contributed by atoms with Crippen LogP contribution in [0.15, 0.2) is 90.4 Å². The van der Waals surface area contributed by atoms with Crippen LogP contribution in [-0.2, 0) is 0 Å². The van der Waals surface area contributed by atoms with Gasteiger partial charge in [-0.15, -0.1) is 0 Å². The van der Waals surface area contributed by atoms with E-state index in [1.165, 1.54) is 6.07 Å². The molecule has 6 nitrogen and oxygen atoms in total. The van der Waals surface area contributed by atoms with Crippen LogP contribution >= 0.6 is 23.2 Å². The van der Waals surface area contributed by atoms with Crippen molar-refractivity contribution >= 4 is 40.7 Å². The summed E-state index contributed by atoms with van der Waals surface area (Å²) in [7, 11) is 0. The Morgan fingerprint density at radius 2 is 1.88 bits per heavy atom. The van der Waals surface area contributed by atoms with Gasteiger partial charge in [0.2, 0.25) is 0 Å². The molecule has 33 heavy (non-hydrogen) atoms. The standard InChI is InChI=1S/C25H17Cl2N3O3/c26-19-9-8-15(11-20(19)27)25(32)29-13-16-12-22-18(14-30(16)23-7-3-4-10-28-23)24(31)17-5-1-2-6-21(17)33-22/h1-12,14,22H,13H2,(H,29,32). The molecule has 0 aliphatic carbocycles. The van der Waals surface area contributed by atoms with Crippen LogP contribution in [-0.4, -0.2) is 29.3 Å². The molecule has 8 heteroatoms. The van der Waals surface area contributed by atoms with E-state index in [-0.39, 0.29) is 18.2 Å². The Hall–Kier alpha value is -3.61. The highest BCUT2D eigenvalue weighted by molar-refractivity contribution is 6.42. The molecule has 164 valence electrons. The van der Waals surface area contributed by atoms with Gasteiger partial charge in [-0.25, -0.2) is 4.98 Å². The summed E-state index contributed by atoms with van der Waals surface area (Å²) in [4.78, 5) is 32.0. The molecule has 1 N–H and O–H groups in total. The molecule has 0 bridgehead atoms. The van der Waals surface area contributed by atoms with E-state index in [1.54, 1.807) is 47.6 Å². The van der Waals surface area contributed by atoms with Gasteiger partial charge in [-0.3, -0.25) is 9.59 Å². The molecule has 0 saturated carbocycles. The number of nitrogens with zero attached hydrogens (tertiary/aromatic N) is 2. The number of halogens is 2. The summed E-state index contributed by atoms with van der Waals surface area (Å²) in [6.45, 7) is 0.176. The van der Waals surface area contributed by atoms with E-state index >= 15 is 0 Å². The Morgan fingerprint density at radius 1 is 1.06 bits per heavy atom. The number of benzene rings is 2. The highest BCUT2D eigenvalue weighted by atomic mass is 35.5. The fourth-order valence-corrected chi connectivity index (χ4v) is 4.04. The summed E-state index contributed by atoms with van der Waals surface area (Å²) >= 11 is 12.0. The maximum atomic E-state index is 13.1. The lowest BCUT2D eigenvalue weighted by atomic mass is 9.93. The van der Waals surface area contributed by atoms with Crippen LogP contribution < -0.4 is 15.0 Å². The van der Waals surface area contributed by atoms with Gasteiger partial charge < -0.3 is 15.0 Å². The molecule has 1 atom stereocenters. The molecule has 1 amide bonds. The van der Waals surface area contributed by atoms with Crippen LogP contribution in [0.4, 0.5) is 5.82 Å². The number of pyridine rings is 1. The summed E-state index contributed by atoms with van der Waals surface area (Å²) in [5, 5.41) is 3.57. The third-order valence-electron chi connectivity index (χ3n) is 5.38. The van der Waals surface area contributed by atoms with Crippen LogP contribution in [0.2, 0.25) is 10.0 Å². The van der Waals surface area contributed by atoms with E-state index in [0.717, 1.165) is 0 Å². The van der Waals surface area contributed by atoms with Crippen LogP contribution in [0.1, 0.15) is 20.7 Å². The molecule has 3 aromatic rings. The maximum Gasteiger partial charge on any atom is 0.251 e. The first kappa shape index (κ1) is 21.2. The van der Waals surface area contributed by atoms with Crippen LogP contribution in [0.3, 0.4) is 0 Å². The number of para-hydroxylation sites is 1. The molecular weight excluding hydrogens is 461 g/mol. The molecule has 0 spiro atoms. The van der Waals surface area contributed by atoms with Crippen molar-refractivity contribution in [3.05, 3.63) is 112 Å². The summed E-state index contributed by atoms with van der Waals surface area (Å²) < 4.78 is 6.08. The molecule has 2 aromatic carbocycles. The molecular formula is C25H17Cl2N3O3. The van der Waals surface area contributed by atoms with Crippen molar-refractivity contribution in [2.24, 2.45) is 0 Å². The largest absolute Gasteiger partial charge is 0.481 e. The molecule has 1 unspecified atom stereocenters. The van der Waals surface area contributed by atoms with Crippen molar-refractivity contribution in [3.63, 3.8) is 0 Å². The Kier molecular flexibility index (Phi) is 5.62. The molecule has 1 aromatic heterocycles. The second kappa shape index (κ2) is 8.73. The summed E-state index contributed by atoms with van der Waals surface area (Å²) in [5.74, 6) is 0.741. The normalized spacial score (nSPS) is 16.7. The molecule has 0 fully saturated rings. The van der Waals surface area contributed by atoms with E-state index in [9.17, 15) is 9.59 Å². The van der Waals surface area contributed by atoms with E-state index < -0.39 is 6.10 Å². The zero-order valence-corrected chi connectivity index (χ0v) is 18.7. The van der Waals surface area contributed by atoms with E-state index in [4.69, 9.17) is 27.9 Å². The first-order valence-electron chi connectivity index (χ1n) is 10.2. The lowest BCUT2D eigenvalue weighted by Gasteiger charge is -2.34. The number of ether oxygens (including phenoxy) is 1. The van der Waals surface area contributed by atoms with Crippen molar-refractivity contribution in [2.75, 3.05) is 11.4 Å². The van der Waals surface area contributed by atoms with E-state index in [1.807, 2.05) is 30.3 Å². The van der Waals surface area contributed by atoms with Gasteiger partial charge in [0.15, 0.2) is 5.78 Å². The number of hydrogen-bond acceptors (Lipinski definition) is 5. The van der Waals surface area contributed by atoms with Gasteiger partial charge in [0.1, 0.15) is 17.7 Å².